The van der Waals surface area contributed by atoms with Crippen LogP contribution >= 0.6 is 22.7 Å². The van der Waals surface area contributed by atoms with Crippen LogP contribution < -0.4 is 5.32 Å². The van der Waals surface area contributed by atoms with Crippen molar-refractivity contribution in [2.24, 2.45) is 0 Å². The fraction of sp³-hybridized carbons (Fsp3) is 0.200. The maximum absolute atomic E-state index is 13.7. The smallest absolute Gasteiger partial charge is 0.339 e. The number of hydrogen-bond donors (Lipinski definition) is 1. The van der Waals surface area contributed by atoms with E-state index in [9.17, 15) is 9.59 Å². The summed E-state index contributed by atoms with van der Waals surface area (Å²) in [7, 11) is 0. The Kier molecular flexibility index (Phi) is 7.19. The van der Waals surface area contributed by atoms with E-state index in [1.165, 1.54) is 16.9 Å². The second-order valence-corrected chi connectivity index (χ2v) is 11.2. The second-order valence-electron chi connectivity index (χ2n) is 9.43. The number of nitrogens with zero attached hydrogens (tertiary/aromatic N) is 3. The van der Waals surface area contributed by atoms with Gasteiger partial charge in [0.2, 0.25) is 0 Å². The van der Waals surface area contributed by atoms with Crippen LogP contribution in [0.1, 0.15) is 34.1 Å². The zero-order valence-electron chi connectivity index (χ0n) is 21.3. The molecule has 1 unspecified atom stereocenters. The predicted octanol–water partition coefficient (Wildman–Crippen LogP) is 6.16. The van der Waals surface area contributed by atoms with Crippen LogP contribution in [0.25, 0.3) is 21.5 Å². The number of para-hydroxylation sites is 1. The molecule has 0 aliphatic carbocycles. The lowest BCUT2D eigenvalue weighted by molar-refractivity contribution is -0.123. The van der Waals surface area contributed by atoms with Crippen LogP contribution in [0.3, 0.4) is 0 Å². The summed E-state index contributed by atoms with van der Waals surface area (Å²) >= 11 is 2.93. The summed E-state index contributed by atoms with van der Waals surface area (Å²) in [5.41, 5.74) is 5.04. The molecule has 1 aliphatic heterocycles. The van der Waals surface area contributed by atoms with Crippen LogP contribution in [0.15, 0.2) is 77.5 Å². The Morgan fingerprint density at radius 2 is 1.85 bits per heavy atom. The minimum absolute atomic E-state index is 0.423. The molecule has 39 heavy (non-hydrogen) atoms. The Balaban J connectivity index is 1.22. The maximum Gasteiger partial charge on any atom is 0.339 e. The predicted molar refractivity (Wildman–Crippen MR) is 155 cm³/mol. The summed E-state index contributed by atoms with van der Waals surface area (Å²) in [5, 5.41) is 7.87. The lowest BCUT2D eigenvalue weighted by atomic mass is 9.95. The average molecular weight is 555 g/mol. The van der Waals surface area contributed by atoms with Crippen molar-refractivity contribution < 1.29 is 14.3 Å². The number of anilines is 1. The highest BCUT2D eigenvalue weighted by Gasteiger charge is 2.29. The topological polar surface area (TPSA) is 84.4 Å². The van der Waals surface area contributed by atoms with E-state index >= 15 is 0 Å². The van der Waals surface area contributed by atoms with Crippen molar-refractivity contribution in [2.75, 3.05) is 11.9 Å². The third kappa shape index (κ3) is 5.47. The third-order valence-electron chi connectivity index (χ3n) is 6.74. The van der Waals surface area contributed by atoms with Gasteiger partial charge in [-0.1, -0.05) is 54.6 Å². The number of benzene rings is 2. The molecule has 1 N–H and O–H groups in total. The highest BCUT2D eigenvalue weighted by Crippen LogP contribution is 2.31. The number of hydrogen-bond acceptors (Lipinski definition) is 8. The van der Waals surface area contributed by atoms with Crippen molar-refractivity contribution in [3.63, 3.8) is 0 Å². The second kappa shape index (κ2) is 11.1. The van der Waals surface area contributed by atoms with Gasteiger partial charge in [-0.05, 0) is 30.0 Å². The van der Waals surface area contributed by atoms with Crippen LogP contribution in [-0.2, 0) is 29.0 Å². The number of ether oxygens (including phenoxy) is 1. The quantitative estimate of drug-likeness (QED) is 0.243. The van der Waals surface area contributed by atoms with Gasteiger partial charge < -0.3 is 4.74 Å². The number of rotatable bonds is 7. The van der Waals surface area contributed by atoms with Crippen LogP contribution in [0.2, 0.25) is 0 Å². The van der Waals surface area contributed by atoms with E-state index in [1.807, 2.05) is 65.4 Å². The first kappa shape index (κ1) is 25.4. The van der Waals surface area contributed by atoms with E-state index < -0.39 is 18.0 Å². The van der Waals surface area contributed by atoms with Crippen molar-refractivity contribution in [3.05, 3.63) is 99.9 Å². The average Bonchev–Trinajstić information content (AvgIpc) is 3.65. The van der Waals surface area contributed by atoms with Crippen LogP contribution in [0.5, 0.6) is 0 Å². The van der Waals surface area contributed by atoms with Gasteiger partial charge in [0.25, 0.3) is 5.91 Å². The number of thiophene rings is 1. The molecule has 0 saturated heterocycles. The van der Waals surface area contributed by atoms with Crippen LogP contribution in [0.4, 0.5) is 5.13 Å². The molecule has 4 heterocycles. The monoisotopic (exact) mass is 554 g/mol. The molecule has 3 aromatic heterocycles. The SMILES string of the molecule is CC(OC(=O)c1c2c(nc3ccccc13)CCN(Cc1ccccc1)C2)C(=O)Nc1nc(-c2cccs2)cs1. The first-order valence-corrected chi connectivity index (χ1v) is 14.5. The molecule has 6 rings (SSSR count). The largest absolute Gasteiger partial charge is 0.449 e. The van der Waals surface area contributed by atoms with Crippen molar-refractivity contribution >= 4 is 50.6 Å². The minimum Gasteiger partial charge on any atom is -0.449 e. The zero-order chi connectivity index (χ0) is 26.8. The third-order valence-corrected chi connectivity index (χ3v) is 8.39. The van der Waals surface area contributed by atoms with E-state index in [0.29, 0.717) is 17.2 Å². The number of carbonyl (C=O) groups is 2. The molecule has 1 amide bonds. The number of esters is 1. The van der Waals surface area contributed by atoms with Crippen LogP contribution in [-0.4, -0.2) is 39.4 Å². The van der Waals surface area contributed by atoms with Gasteiger partial charge in [0.05, 0.1) is 21.7 Å². The summed E-state index contributed by atoms with van der Waals surface area (Å²) in [6, 6.07) is 21.8. The normalized spacial score (nSPS) is 14.1. The lowest BCUT2D eigenvalue weighted by Crippen LogP contribution is -2.34. The molecule has 2 aromatic carbocycles. The molecule has 5 aromatic rings. The molecule has 0 bridgehead atoms. The molecule has 0 saturated carbocycles. The van der Waals surface area contributed by atoms with E-state index in [1.54, 1.807) is 18.3 Å². The van der Waals surface area contributed by atoms with E-state index in [0.717, 1.165) is 52.2 Å². The number of fused-ring (bicyclic) bond motifs is 2. The standard InChI is InChI=1S/C30H26N4O3S2/c1-19(28(35)33-30-32-25(18-39-30)26-12-7-15-38-26)37-29(36)27-21-10-5-6-11-23(21)31-24-13-14-34(17-22(24)27)16-20-8-3-2-4-9-20/h2-12,15,18-19H,13-14,16-17H2,1H3,(H,32,33,35). The highest BCUT2D eigenvalue weighted by atomic mass is 32.1. The van der Waals surface area contributed by atoms with Crippen LogP contribution in [0, 0.1) is 0 Å². The number of nitrogens with one attached hydrogen (secondary N) is 1. The summed E-state index contributed by atoms with van der Waals surface area (Å²) in [6.45, 7) is 3.79. The van der Waals surface area contributed by atoms with Gasteiger partial charge in [0.15, 0.2) is 11.2 Å². The van der Waals surface area contributed by atoms with Crippen molar-refractivity contribution in [3.8, 4) is 10.6 Å². The molecule has 1 aliphatic rings. The molecule has 7 nitrogen and oxygen atoms in total. The molecule has 9 heteroatoms. The lowest BCUT2D eigenvalue weighted by Gasteiger charge is -2.30. The first-order chi connectivity index (χ1) is 19.0. The Morgan fingerprint density at radius 3 is 2.67 bits per heavy atom. The van der Waals surface area contributed by atoms with Gasteiger partial charge >= 0.3 is 5.97 Å². The van der Waals surface area contributed by atoms with Gasteiger partial charge in [-0.2, -0.15) is 0 Å². The van der Waals surface area contributed by atoms with Crippen molar-refractivity contribution in [1.82, 2.24) is 14.9 Å². The van der Waals surface area contributed by atoms with Gasteiger partial charge in [-0.25, -0.2) is 9.78 Å². The molecule has 0 fully saturated rings. The number of pyridine rings is 1. The Morgan fingerprint density at radius 1 is 1.03 bits per heavy atom. The van der Waals surface area contributed by atoms with E-state index in [4.69, 9.17) is 9.72 Å². The highest BCUT2D eigenvalue weighted by molar-refractivity contribution is 7.16. The fourth-order valence-electron chi connectivity index (χ4n) is 4.80. The van der Waals surface area contributed by atoms with E-state index in [-0.39, 0.29) is 0 Å². The molecular weight excluding hydrogens is 528 g/mol. The zero-order valence-corrected chi connectivity index (χ0v) is 22.9. The Labute approximate surface area is 234 Å². The van der Waals surface area contributed by atoms with E-state index in [2.05, 4.69) is 27.3 Å². The molecule has 196 valence electrons. The summed E-state index contributed by atoms with van der Waals surface area (Å²) < 4.78 is 5.76. The maximum atomic E-state index is 13.7. The van der Waals surface area contributed by atoms with Crippen molar-refractivity contribution in [2.45, 2.75) is 32.5 Å². The number of amides is 1. The molecule has 1 atom stereocenters. The molecule has 0 spiro atoms. The van der Waals surface area contributed by atoms with Gasteiger partial charge in [-0.15, -0.1) is 22.7 Å². The summed E-state index contributed by atoms with van der Waals surface area (Å²) in [6.07, 6.45) is -0.266. The minimum atomic E-state index is -1.00. The number of aromatic nitrogens is 2. The van der Waals surface area contributed by atoms with Gasteiger partial charge in [0, 0.05) is 48.1 Å². The van der Waals surface area contributed by atoms with Gasteiger partial charge in [-0.3, -0.25) is 20.0 Å². The number of thiazole rings is 1. The number of carbonyl (C=O) groups excluding carboxylic acids is 2. The summed E-state index contributed by atoms with van der Waals surface area (Å²) in [4.78, 5) is 39.3. The Bertz CT molecular complexity index is 1630. The summed E-state index contributed by atoms with van der Waals surface area (Å²) in [5.74, 6) is -0.944. The van der Waals surface area contributed by atoms with Crippen molar-refractivity contribution in [1.29, 1.82) is 0 Å². The molecule has 0 radical (unpaired) electrons. The van der Waals surface area contributed by atoms with Gasteiger partial charge in [0.1, 0.15) is 0 Å². The molecular formula is C30H26N4O3S2. The first-order valence-electron chi connectivity index (χ1n) is 12.7. The Hall–Kier alpha value is -3.92. The fourth-order valence-corrected chi connectivity index (χ4v) is 6.28.